The predicted octanol–water partition coefficient (Wildman–Crippen LogP) is 12.7. The molecule has 1 aliphatic rings. The SMILES string of the molecule is CC1(C)c2ccccc2-c2ccc(N(c3cccc(-c4ccccc4)c3)c3ccc4c(ccc5sc6ccccc6c54)c3)cc21. The van der Waals surface area contributed by atoms with Crippen molar-refractivity contribution in [3.05, 3.63) is 163 Å². The molecule has 0 spiro atoms. The van der Waals surface area contributed by atoms with Crippen LogP contribution in [0.5, 0.6) is 0 Å². The van der Waals surface area contributed by atoms with Gasteiger partial charge in [-0.15, -0.1) is 11.3 Å². The Kier molecular flexibility index (Phi) is 5.78. The Morgan fingerprint density at radius 2 is 1.18 bits per heavy atom. The number of rotatable bonds is 4. The van der Waals surface area contributed by atoms with Gasteiger partial charge in [0.2, 0.25) is 0 Å². The van der Waals surface area contributed by atoms with Crippen LogP contribution in [-0.4, -0.2) is 0 Å². The van der Waals surface area contributed by atoms with Gasteiger partial charge in [0.15, 0.2) is 0 Å². The summed E-state index contributed by atoms with van der Waals surface area (Å²) in [5.74, 6) is 0. The molecule has 0 N–H and O–H groups in total. The van der Waals surface area contributed by atoms with Gasteiger partial charge in [0.25, 0.3) is 0 Å². The first kappa shape index (κ1) is 26.2. The van der Waals surface area contributed by atoms with Gasteiger partial charge in [0.05, 0.1) is 0 Å². The molecule has 8 aromatic rings. The summed E-state index contributed by atoms with van der Waals surface area (Å²) in [5, 5.41) is 5.25. The van der Waals surface area contributed by atoms with Crippen LogP contribution in [0.1, 0.15) is 25.0 Å². The van der Waals surface area contributed by atoms with Crippen LogP contribution < -0.4 is 4.90 Å². The molecule has 0 amide bonds. The van der Waals surface area contributed by atoms with Crippen LogP contribution in [0.2, 0.25) is 0 Å². The first-order valence-corrected chi connectivity index (χ1v) is 16.4. The van der Waals surface area contributed by atoms with Gasteiger partial charge in [-0.25, -0.2) is 0 Å². The van der Waals surface area contributed by atoms with Crippen molar-refractivity contribution in [2.75, 3.05) is 4.90 Å². The maximum atomic E-state index is 2.43. The van der Waals surface area contributed by atoms with Crippen LogP contribution in [-0.2, 0) is 5.41 Å². The average Bonchev–Trinajstić information content (AvgIpc) is 3.58. The van der Waals surface area contributed by atoms with Gasteiger partial charge in [0, 0.05) is 42.6 Å². The summed E-state index contributed by atoms with van der Waals surface area (Å²) < 4.78 is 2.68. The minimum atomic E-state index is -0.0749. The summed E-state index contributed by atoms with van der Waals surface area (Å²) in [7, 11) is 0. The maximum Gasteiger partial charge on any atom is 0.0468 e. The van der Waals surface area contributed by atoms with E-state index in [0.29, 0.717) is 0 Å². The normalized spacial score (nSPS) is 13.3. The van der Waals surface area contributed by atoms with Gasteiger partial charge in [-0.1, -0.05) is 117 Å². The Labute approximate surface area is 267 Å². The van der Waals surface area contributed by atoms with Crippen molar-refractivity contribution in [3.63, 3.8) is 0 Å². The lowest BCUT2D eigenvalue weighted by Gasteiger charge is -2.28. The Morgan fingerprint density at radius 3 is 2.09 bits per heavy atom. The number of nitrogens with zero attached hydrogens (tertiary/aromatic N) is 1. The number of hydrogen-bond donors (Lipinski definition) is 0. The summed E-state index contributed by atoms with van der Waals surface area (Å²) >= 11 is 1.88. The lowest BCUT2D eigenvalue weighted by Crippen LogP contribution is -2.16. The molecule has 0 saturated heterocycles. The second-order valence-electron chi connectivity index (χ2n) is 12.6. The molecular weight excluding hydrogens is 563 g/mol. The number of fused-ring (bicyclic) bond motifs is 8. The summed E-state index contributed by atoms with van der Waals surface area (Å²) in [4.78, 5) is 2.43. The number of thiophene rings is 1. The van der Waals surface area contributed by atoms with E-state index < -0.39 is 0 Å². The molecule has 7 aromatic carbocycles. The van der Waals surface area contributed by atoms with Gasteiger partial charge < -0.3 is 4.90 Å². The minimum Gasteiger partial charge on any atom is -0.310 e. The highest BCUT2D eigenvalue weighted by atomic mass is 32.1. The van der Waals surface area contributed by atoms with Crippen molar-refractivity contribution in [1.29, 1.82) is 0 Å². The van der Waals surface area contributed by atoms with E-state index in [4.69, 9.17) is 0 Å². The Hall–Kier alpha value is -5.18. The zero-order valence-electron chi connectivity index (χ0n) is 25.3. The summed E-state index contributed by atoms with van der Waals surface area (Å²) in [6.45, 7) is 4.71. The molecule has 0 unspecified atom stereocenters. The molecule has 0 atom stereocenters. The van der Waals surface area contributed by atoms with Gasteiger partial charge in [0.1, 0.15) is 0 Å². The fraction of sp³-hybridized carbons (Fsp3) is 0.0698. The molecule has 9 rings (SSSR count). The van der Waals surface area contributed by atoms with Crippen molar-refractivity contribution >= 4 is 59.3 Å². The molecule has 0 radical (unpaired) electrons. The molecular formula is C43H31NS. The van der Waals surface area contributed by atoms with Crippen LogP contribution in [0.4, 0.5) is 17.1 Å². The second kappa shape index (κ2) is 9.92. The van der Waals surface area contributed by atoms with Gasteiger partial charge in [-0.3, -0.25) is 0 Å². The fourth-order valence-corrected chi connectivity index (χ4v) is 8.54. The molecule has 1 aliphatic carbocycles. The molecule has 1 heterocycles. The third kappa shape index (κ3) is 4.06. The van der Waals surface area contributed by atoms with E-state index in [2.05, 4.69) is 170 Å². The van der Waals surface area contributed by atoms with Crippen LogP contribution in [0.15, 0.2) is 152 Å². The Morgan fingerprint density at radius 1 is 0.467 bits per heavy atom. The van der Waals surface area contributed by atoms with E-state index in [9.17, 15) is 0 Å². The fourth-order valence-electron chi connectivity index (χ4n) is 7.41. The lowest BCUT2D eigenvalue weighted by molar-refractivity contribution is 0.660. The van der Waals surface area contributed by atoms with E-state index in [1.54, 1.807) is 0 Å². The van der Waals surface area contributed by atoms with E-state index in [-0.39, 0.29) is 5.41 Å². The van der Waals surface area contributed by atoms with Crippen molar-refractivity contribution in [3.8, 4) is 22.3 Å². The topological polar surface area (TPSA) is 3.24 Å². The molecule has 1 aromatic heterocycles. The number of benzene rings is 7. The highest BCUT2D eigenvalue weighted by Crippen LogP contribution is 2.51. The number of hydrogen-bond acceptors (Lipinski definition) is 2. The molecule has 0 fully saturated rings. The molecule has 1 nitrogen and oxygen atoms in total. The van der Waals surface area contributed by atoms with Crippen molar-refractivity contribution in [2.24, 2.45) is 0 Å². The smallest absolute Gasteiger partial charge is 0.0468 e. The minimum absolute atomic E-state index is 0.0749. The predicted molar refractivity (Wildman–Crippen MR) is 195 cm³/mol. The highest BCUT2D eigenvalue weighted by molar-refractivity contribution is 7.26. The second-order valence-corrected chi connectivity index (χ2v) is 13.7. The van der Waals surface area contributed by atoms with Crippen molar-refractivity contribution < 1.29 is 0 Å². The van der Waals surface area contributed by atoms with Crippen molar-refractivity contribution in [1.82, 2.24) is 0 Å². The van der Waals surface area contributed by atoms with Crippen LogP contribution in [0.3, 0.4) is 0 Å². The van der Waals surface area contributed by atoms with E-state index >= 15 is 0 Å². The first-order chi connectivity index (χ1) is 22.1. The van der Waals surface area contributed by atoms with Crippen LogP contribution in [0.25, 0.3) is 53.2 Å². The summed E-state index contributed by atoms with van der Waals surface area (Å²) in [5.41, 5.74) is 11.3. The zero-order valence-corrected chi connectivity index (χ0v) is 26.1. The summed E-state index contributed by atoms with van der Waals surface area (Å²) in [6.07, 6.45) is 0. The third-order valence-electron chi connectivity index (χ3n) is 9.64. The molecule has 0 bridgehead atoms. The van der Waals surface area contributed by atoms with Gasteiger partial charge in [-0.2, -0.15) is 0 Å². The molecule has 0 saturated carbocycles. The van der Waals surface area contributed by atoms with Crippen molar-refractivity contribution in [2.45, 2.75) is 19.3 Å². The van der Waals surface area contributed by atoms with E-state index in [1.165, 1.54) is 70.0 Å². The molecule has 45 heavy (non-hydrogen) atoms. The molecule has 0 aliphatic heterocycles. The largest absolute Gasteiger partial charge is 0.310 e. The monoisotopic (exact) mass is 593 g/mol. The quantitative estimate of drug-likeness (QED) is 0.196. The van der Waals surface area contributed by atoms with E-state index in [1.807, 2.05) is 11.3 Å². The van der Waals surface area contributed by atoms with Crippen LogP contribution >= 0.6 is 11.3 Å². The van der Waals surface area contributed by atoms with E-state index in [0.717, 1.165) is 11.4 Å². The first-order valence-electron chi connectivity index (χ1n) is 15.6. The highest BCUT2D eigenvalue weighted by Gasteiger charge is 2.35. The molecule has 2 heteroatoms. The number of anilines is 3. The standard InChI is InChI=1S/C43H31NS/c1-43(2)38-17-8-6-15-35(38)36-23-21-33(27-39(36)43)44(31-14-10-13-29(25-31)28-11-4-3-5-12-28)32-20-22-34-30(26-32)19-24-41-42(34)37-16-7-9-18-40(37)45-41/h3-27H,1-2H3. The van der Waals surface area contributed by atoms with Gasteiger partial charge in [-0.05, 0) is 92.7 Å². The summed E-state index contributed by atoms with van der Waals surface area (Å²) in [6, 6.07) is 55.9. The average molecular weight is 594 g/mol. The van der Waals surface area contributed by atoms with Gasteiger partial charge >= 0.3 is 0 Å². The lowest BCUT2D eigenvalue weighted by atomic mass is 9.82. The third-order valence-corrected chi connectivity index (χ3v) is 10.8. The Bertz CT molecular complexity index is 2410. The molecule has 214 valence electrons. The Balaban J connectivity index is 1.26. The maximum absolute atomic E-state index is 2.43. The zero-order chi connectivity index (χ0) is 30.1. The van der Waals surface area contributed by atoms with Crippen LogP contribution in [0, 0.1) is 0 Å².